The third kappa shape index (κ3) is 3.97. The molecule has 0 saturated heterocycles. The maximum Gasteiger partial charge on any atom is 0.343 e. The number of benzene rings is 3. The van der Waals surface area contributed by atoms with Gasteiger partial charge in [-0.1, -0.05) is 50.2 Å². The second-order valence-electron chi connectivity index (χ2n) is 10.9. The summed E-state index contributed by atoms with van der Waals surface area (Å²) in [6.07, 6.45) is 1.09. The van der Waals surface area contributed by atoms with E-state index in [1.165, 1.54) is 0 Å². The predicted molar refractivity (Wildman–Crippen MR) is 143 cm³/mol. The third-order valence-electron chi connectivity index (χ3n) is 7.62. The number of esters is 1. The van der Waals surface area contributed by atoms with Crippen LogP contribution in [0, 0.1) is 11.3 Å². The molecule has 38 heavy (non-hydrogen) atoms. The lowest BCUT2D eigenvalue weighted by atomic mass is 9.66. The fourth-order valence-electron chi connectivity index (χ4n) is 5.88. The lowest BCUT2D eigenvalue weighted by Crippen LogP contribution is -2.37. The van der Waals surface area contributed by atoms with Gasteiger partial charge in [0, 0.05) is 34.7 Å². The molecule has 6 nitrogen and oxygen atoms in total. The molecular weight excluding hydrogens is 478 g/mol. The van der Waals surface area contributed by atoms with Crippen LogP contribution in [0.4, 0.5) is 0 Å². The highest BCUT2D eigenvalue weighted by molar-refractivity contribution is 6.30. The quantitative estimate of drug-likeness (QED) is 0.323. The summed E-state index contributed by atoms with van der Waals surface area (Å²) in [6, 6.07) is 21.4. The molecule has 0 unspecified atom stereocenters. The number of hydrogen-bond acceptors (Lipinski definition) is 6. The maximum absolute atomic E-state index is 13.6. The Kier molecular flexibility index (Phi) is 5.64. The number of nitrogens with zero attached hydrogens (tertiary/aromatic N) is 1. The smallest absolute Gasteiger partial charge is 0.343 e. The lowest BCUT2D eigenvalue weighted by Gasteiger charge is -2.38. The van der Waals surface area contributed by atoms with Gasteiger partial charge in [-0.25, -0.2) is 4.79 Å². The van der Waals surface area contributed by atoms with Gasteiger partial charge in [-0.3, -0.25) is 14.6 Å². The summed E-state index contributed by atoms with van der Waals surface area (Å²) >= 11 is 0. The zero-order chi connectivity index (χ0) is 26.6. The zero-order valence-electron chi connectivity index (χ0n) is 21.5. The van der Waals surface area contributed by atoms with Crippen molar-refractivity contribution in [3.05, 3.63) is 106 Å². The number of ketones is 2. The van der Waals surface area contributed by atoms with Crippen LogP contribution in [0.2, 0.25) is 0 Å². The highest BCUT2D eigenvalue weighted by Gasteiger charge is 2.50. The highest BCUT2D eigenvalue weighted by atomic mass is 16.5. The van der Waals surface area contributed by atoms with Gasteiger partial charge in [0.2, 0.25) is 0 Å². The van der Waals surface area contributed by atoms with Crippen LogP contribution in [0.25, 0.3) is 0 Å². The number of hydrogen-bond donors (Lipinski definition) is 0. The van der Waals surface area contributed by atoms with Crippen LogP contribution in [0.1, 0.15) is 64.4 Å². The van der Waals surface area contributed by atoms with Crippen LogP contribution in [0.5, 0.6) is 11.5 Å². The number of allylic oxidation sites excluding steroid dienone is 2. The summed E-state index contributed by atoms with van der Waals surface area (Å²) in [5, 5.41) is 0. The number of rotatable bonds is 4. The molecule has 2 aliphatic carbocycles. The topological polar surface area (TPSA) is 82.0 Å². The molecule has 0 aromatic heterocycles. The van der Waals surface area contributed by atoms with Gasteiger partial charge in [-0.2, -0.15) is 0 Å². The number of Topliss-reactive ketones (excluding diaryl/α,β-unsaturated/α-hetero) is 2. The molecule has 1 heterocycles. The number of aliphatic imine (C=N–C) groups is 1. The normalized spacial score (nSPS) is 21.3. The minimum Gasteiger partial charge on any atom is -0.497 e. The second kappa shape index (κ2) is 8.91. The largest absolute Gasteiger partial charge is 0.497 e. The minimum absolute atomic E-state index is 0.0106. The third-order valence-corrected chi connectivity index (χ3v) is 7.62. The average molecular weight is 506 g/mol. The van der Waals surface area contributed by atoms with Crippen LogP contribution < -0.4 is 9.47 Å². The number of ether oxygens (including phenoxy) is 2. The summed E-state index contributed by atoms with van der Waals surface area (Å²) in [5.41, 5.74) is 4.70. The van der Waals surface area contributed by atoms with E-state index in [0.717, 1.165) is 22.5 Å². The van der Waals surface area contributed by atoms with Crippen LogP contribution in [0.15, 0.2) is 89.1 Å². The van der Waals surface area contributed by atoms with Crippen molar-refractivity contribution in [2.45, 2.75) is 32.6 Å². The average Bonchev–Trinajstić information content (AvgIpc) is 3.19. The maximum atomic E-state index is 13.6. The highest BCUT2D eigenvalue weighted by Crippen LogP contribution is 2.51. The molecule has 0 N–H and O–H groups in total. The Bertz CT molecular complexity index is 1540. The van der Waals surface area contributed by atoms with Gasteiger partial charge in [0.15, 0.2) is 11.6 Å². The first-order valence-corrected chi connectivity index (χ1v) is 12.7. The summed E-state index contributed by atoms with van der Waals surface area (Å²) in [7, 11) is 1.56. The Morgan fingerprint density at radius 3 is 2.18 bits per heavy atom. The molecular formula is C32H27NO5. The Hall–Kier alpha value is -4.32. The fourth-order valence-corrected chi connectivity index (χ4v) is 5.88. The summed E-state index contributed by atoms with van der Waals surface area (Å²) < 4.78 is 10.7. The molecule has 3 aromatic rings. The van der Waals surface area contributed by atoms with E-state index in [0.29, 0.717) is 41.0 Å². The molecule has 190 valence electrons. The number of fused-ring (bicyclic) bond motifs is 3. The first-order valence-electron chi connectivity index (χ1n) is 12.7. The molecule has 0 amide bonds. The molecule has 0 spiro atoms. The van der Waals surface area contributed by atoms with Crippen LogP contribution in [0.3, 0.4) is 0 Å². The predicted octanol–water partition coefficient (Wildman–Crippen LogP) is 5.96. The van der Waals surface area contributed by atoms with E-state index in [-0.39, 0.29) is 17.0 Å². The van der Waals surface area contributed by atoms with Gasteiger partial charge in [-0.15, -0.1) is 0 Å². The van der Waals surface area contributed by atoms with Gasteiger partial charge >= 0.3 is 5.97 Å². The van der Waals surface area contributed by atoms with Crippen molar-refractivity contribution in [3.63, 3.8) is 0 Å². The van der Waals surface area contributed by atoms with Crippen molar-refractivity contribution in [2.24, 2.45) is 16.3 Å². The van der Waals surface area contributed by atoms with Crippen molar-refractivity contribution in [1.82, 2.24) is 0 Å². The minimum atomic E-state index is -0.552. The first-order chi connectivity index (χ1) is 18.3. The molecule has 3 aromatic carbocycles. The molecule has 3 aliphatic rings. The molecule has 6 rings (SSSR count). The Labute approximate surface area is 221 Å². The number of carbonyl (C=O) groups is 3. The SMILES string of the molecule is COc1ccc(C(=O)Oc2ccc([C@@H]3C4=C(CC(C)(C)CC4=O)N=C4c5ccccc5C(=O)[C@H]43)cc2)cc1. The first kappa shape index (κ1) is 24.0. The Balaban J connectivity index is 1.36. The lowest BCUT2D eigenvalue weighted by molar-refractivity contribution is -0.118. The molecule has 0 bridgehead atoms. The van der Waals surface area contributed by atoms with E-state index in [4.69, 9.17) is 14.5 Å². The van der Waals surface area contributed by atoms with Crippen LogP contribution in [-0.2, 0) is 4.79 Å². The van der Waals surface area contributed by atoms with Crippen molar-refractivity contribution >= 4 is 23.2 Å². The standard InChI is InChI=1S/C32H27NO5/c1-32(2)16-24-27(25(34)17-32)26(28-29(33-24)22-6-4-5-7-23(22)30(28)35)18-8-14-21(15-9-18)38-31(36)19-10-12-20(37-3)13-11-19/h4-15,26,28H,16-17H2,1-3H3/t26-,28+/m1/s1. The molecule has 6 heteroatoms. The Morgan fingerprint density at radius 2 is 1.50 bits per heavy atom. The van der Waals surface area contributed by atoms with Gasteiger partial charge in [-0.05, 0) is 53.8 Å². The summed E-state index contributed by atoms with van der Waals surface area (Å²) in [5.74, 6) is -0.406. The van der Waals surface area contributed by atoms with Gasteiger partial charge in [0.05, 0.1) is 24.3 Å². The van der Waals surface area contributed by atoms with Crippen molar-refractivity contribution in [3.8, 4) is 11.5 Å². The van der Waals surface area contributed by atoms with E-state index in [2.05, 4.69) is 13.8 Å². The van der Waals surface area contributed by atoms with Gasteiger partial charge in [0.25, 0.3) is 0 Å². The van der Waals surface area contributed by atoms with E-state index in [1.54, 1.807) is 43.5 Å². The monoisotopic (exact) mass is 505 g/mol. The van der Waals surface area contributed by atoms with E-state index >= 15 is 0 Å². The molecule has 0 fully saturated rings. The van der Waals surface area contributed by atoms with Crippen molar-refractivity contribution in [1.29, 1.82) is 0 Å². The van der Waals surface area contributed by atoms with Crippen LogP contribution in [-0.4, -0.2) is 30.4 Å². The van der Waals surface area contributed by atoms with E-state index in [9.17, 15) is 14.4 Å². The van der Waals surface area contributed by atoms with E-state index in [1.807, 2.05) is 36.4 Å². The van der Waals surface area contributed by atoms with E-state index < -0.39 is 17.8 Å². The van der Waals surface area contributed by atoms with Crippen LogP contribution >= 0.6 is 0 Å². The number of methoxy groups -OCH3 is 1. The zero-order valence-corrected chi connectivity index (χ0v) is 21.5. The Morgan fingerprint density at radius 1 is 0.842 bits per heavy atom. The number of carbonyl (C=O) groups excluding carboxylic acids is 3. The van der Waals surface area contributed by atoms with Gasteiger partial charge < -0.3 is 9.47 Å². The van der Waals surface area contributed by atoms with Gasteiger partial charge in [0.1, 0.15) is 11.5 Å². The van der Waals surface area contributed by atoms with Crippen molar-refractivity contribution < 1.29 is 23.9 Å². The molecule has 0 radical (unpaired) electrons. The molecule has 1 aliphatic heterocycles. The fraction of sp³-hybridized carbons (Fsp3) is 0.250. The van der Waals surface area contributed by atoms with Crippen molar-refractivity contribution in [2.75, 3.05) is 7.11 Å². The second-order valence-corrected chi connectivity index (χ2v) is 10.9. The summed E-state index contributed by atoms with van der Waals surface area (Å²) in [6.45, 7) is 4.16. The molecule has 0 saturated carbocycles. The molecule has 2 atom stereocenters. The summed E-state index contributed by atoms with van der Waals surface area (Å²) in [4.78, 5) is 44.7.